The van der Waals surface area contributed by atoms with Crippen molar-refractivity contribution in [1.82, 2.24) is 19.6 Å². The van der Waals surface area contributed by atoms with Gasteiger partial charge in [-0.05, 0) is 12.3 Å². The molecule has 0 saturated heterocycles. The SMILES string of the molecule is Cc1cc(NCC(C)(C)C)n2ncnc2n1. The largest absolute Gasteiger partial charge is 0.369 e. The fraction of sp³-hybridized carbons (Fsp3) is 0.545. The summed E-state index contributed by atoms with van der Waals surface area (Å²) in [4.78, 5) is 8.38. The predicted molar refractivity (Wildman–Crippen MR) is 63.5 cm³/mol. The lowest BCUT2D eigenvalue weighted by Gasteiger charge is -2.19. The van der Waals surface area contributed by atoms with Gasteiger partial charge in [0.05, 0.1) is 0 Å². The minimum absolute atomic E-state index is 0.226. The van der Waals surface area contributed by atoms with Crippen LogP contribution in [0, 0.1) is 12.3 Å². The van der Waals surface area contributed by atoms with E-state index in [2.05, 4.69) is 41.2 Å². The molecule has 2 aromatic heterocycles. The molecule has 0 atom stereocenters. The van der Waals surface area contributed by atoms with E-state index < -0.39 is 0 Å². The molecule has 0 spiro atoms. The summed E-state index contributed by atoms with van der Waals surface area (Å²) in [5.74, 6) is 1.58. The molecule has 2 rings (SSSR count). The third kappa shape index (κ3) is 2.29. The summed E-state index contributed by atoms with van der Waals surface area (Å²) in [5.41, 5.74) is 1.17. The summed E-state index contributed by atoms with van der Waals surface area (Å²) in [6.45, 7) is 9.40. The molecule has 0 saturated carbocycles. The van der Waals surface area contributed by atoms with Crippen LogP contribution in [-0.2, 0) is 0 Å². The van der Waals surface area contributed by atoms with Crippen LogP contribution in [-0.4, -0.2) is 26.1 Å². The number of hydrogen-bond acceptors (Lipinski definition) is 4. The zero-order valence-corrected chi connectivity index (χ0v) is 10.2. The molecular formula is C11H17N5. The minimum atomic E-state index is 0.226. The van der Waals surface area contributed by atoms with E-state index in [1.807, 2.05) is 13.0 Å². The second-order valence-corrected chi connectivity index (χ2v) is 5.17. The Labute approximate surface area is 94.9 Å². The number of fused-ring (bicyclic) bond motifs is 1. The predicted octanol–water partition coefficient (Wildman–Crippen LogP) is 1.89. The molecule has 5 nitrogen and oxygen atoms in total. The first-order chi connectivity index (χ1) is 7.46. The fourth-order valence-corrected chi connectivity index (χ4v) is 1.41. The van der Waals surface area contributed by atoms with Gasteiger partial charge in [0.25, 0.3) is 5.78 Å². The average molecular weight is 219 g/mol. The van der Waals surface area contributed by atoms with Crippen molar-refractivity contribution in [2.75, 3.05) is 11.9 Å². The summed E-state index contributed by atoms with van der Waals surface area (Å²) in [6, 6.07) is 1.98. The molecule has 5 heteroatoms. The van der Waals surface area contributed by atoms with Gasteiger partial charge in [0.2, 0.25) is 0 Å². The van der Waals surface area contributed by atoms with Gasteiger partial charge in [-0.3, -0.25) is 0 Å². The van der Waals surface area contributed by atoms with Gasteiger partial charge >= 0.3 is 0 Å². The van der Waals surface area contributed by atoms with Crippen LogP contribution < -0.4 is 5.32 Å². The van der Waals surface area contributed by atoms with Crippen molar-refractivity contribution in [3.8, 4) is 0 Å². The molecular weight excluding hydrogens is 202 g/mol. The van der Waals surface area contributed by atoms with Crippen molar-refractivity contribution in [2.45, 2.75) is 27.7 Å². The summed E-state index contributed by atoms with van der Waals surface area (Å²) >= 11 is 0. The second kappa shape index (κ2) is 3.73. The van der Waals surface area contributed by atoms with Crippen molar-refractivity contribution in [1.29, 1.82) is 0 Å². The van der Waals surface area contributed by atoms with Crippen LogP contribution in [0.2, 0.25) is 0 Å². The fourth-order valence-electron chi connectivity index (χ4n) is 1.41. The van der Waals surface area contributed by atoms with Crippen LogP contribution in [0.3, 0.4) is 0 Å². The number of aryl methyl sites for hydroxylation is 1. The molecule has 2 heterocycles. The monoisotopic (exact) mass is 219 g/mol. The minimum Gasteiger partial charge on any atom is -0.369 e. The zero-order valence-electron chi connectivity index (χ0n) is 10.2. The van der Waals surface area contributed by atoms with Crippen molar-refractivity contribution in [3.63, 3.8) is 0 Å². The molecule has 0 aliphatic rings. The highest BCUT2D eigenvalue weighted by Crippen LogP contribution is 2.16. The summed E-state index contributed by atoms with van der Waals surface area (Å²) in [6.07, 6.45) is 1.52. The maximum Gasteiger partial charge on any atom is 0.254 e. The number of hydrogen-bond donors (Lipinski definition) is 1. The maximum absolute atomic E-state index is 4.29. The van der Waals surface area contributed by atoms with Crippen molar-refractivity contribution < 1.29 is 0 Å². The van der Waals surface area contributed by atoms with Gasteiger partial charge in [-0.15, -0.1) is 0 Å². The third-order valence-electron chi connectivity index (χ3n) is 2.18. The molecule has 86 valence electrons. The standard InChI is InChI=1S/C11H17N5/c1-8-5-9(12-6-11(2,3)4)16-10(15-8)13-7-14-16/h5,7,12H,6H2,1-4H3. The Bertz CT molecular complexity index is 495. The van der Waals surface area contributed by atoms with E-state index in [1.54, 1.807) is 4.52 Å². The molecule has 1 N–H and O–H groups in total. The first kappa shape index (κ1) is 10.9. The van der Waals surface area contributed by atoms with Crippen LogP contribution >= 0.6 is 0 Å². The Kier molecular flexibility index (Phi) is 2.53. The molecule has 0 unspecified atom stereocenters. The second-order valence-electron chi connectivity index (χ2n) is 5.17. The topological polar surface area (TPSA) is 55.1 Å². The molecule has 2 aromatic rings. The average Bonchev–Trinajstić information content (AvgIpc) is 2.60. The number of aromatic nitrogens is 4. The van der Waals surface area contributed by atoms with Crippen molar-refractivity contribution >= 4 is 11.6 Å². The van der Waals surface area contributed by atoms with E-state index in [1.165, 1.54) is 6.33 Å². The molecule has 0 radical (unpaired) electrons. The normalized spacial score (nSPS) is 12.0. The smallest absolute Gasteiger partial charge is 0.254 e. The van der Waals surface area contributed by atoms with Gasteiger partial charge < -0.3 is 5.32 Å². The Morgan fingerprint density at radius 3 is 2.81 bits per heavy atom. The summed E-state index contributed by atoms with van der Waals surface area (Å²) < 4.78 is 1.72. The van der Waals surface area contributed by atoms with Gasteiger partial charge in [-0.25, -0.2) is 4.98 Å². The van der Waals surface area contributed by atoms with E-state index in [4.69, 9.17) is 0 Å². The molecule has 0 fully saturated rings. The van der Waals surface area contributed by atoms with Gasteiger partial charge in [0.15, 0.2) is 0 Å². The van der Waals surface area contributed by atoms with Gasteiger partial charge in [0, 0.05) is 18.3 Å². The van der Waals surface area contributed by atoms with E-state index in [-0.39, 0.29) is 5.41 Å². The number of anilines is 1. The van der Waals surface area contributed by atoms with Crippen molar-refractivity contribution in [3.05, 3.63) is 18.1 Å². The molecule has 0 aliphatic carbocycles. The zero-order chi connectivity index (χ0) is 11.8. The van der Waals surface area contributed by atoms with E-state index in [0.29, 0.717) is 5.78 Å². The maximum atomic E-state index is 4.29. The van der Waals surface area contributed by atoms with Gasteiger partial charge in [-0.1, -0.05) is 20.8 Å². The highest BCUT2D eigenvalue weighted by atomic mass is 15.3. The molecule has 0 aromatic carbocycles. The van der Waals surface area contributed by atoms with Crippen LogP contribution in [0.15, 0.2) is 12.4 Å². The molecule has 0 aliphatic heterocycles. The Hall–Kier alpha value is -1.65. The van der Waals surface area contributed by atoms with Crippen molar-refractivity contribution in [2.24, 2.45) is 5.41 Å². The van der Waals surface area contributed by atoms with Crippen LogP contribution in [0.1, 0.15) is 26.5 Å². The molecule has 0 amide bonds. The lowest BCUT2D eigenvalue weighted by Crippen LogP contribution is -2.20. The lowest BCUT2D eigenvalue weighted by molar-refractivity contribution is 0.442. The third-order valence-corrected chi connectivity index (χ3v) is 2.18. The molecule has 0 bridgehead atoms. The van der Waals surface area contributed by atoms with Crippen LogP contribution in [0.5, 0.6) is 0 Å². The highest BCUT2D eigenvalue weighted by molar-refractivity contribution is 5.44. The lowest BCUT2D eigenvalue weighted by atomic mass is 9.97. The Morgan fingerprint density at radius 2 is 2.12 bits per heavy atom. The number of rotatable bonds is 2. The Balaban J connectivity index is 2.32. The number of nitrogens with zero attached hydrogens (tertiary/aromatic N) is 4. The van der Waals surface area contributed by atoms with E-state index in [0.717, 1.165) is 18.1 Å². The Morgan fingerprint density at radius 1 is 1.38 bits per heavy atom. The van der Waals surface area contributed by atoms with Gasteiger partial charge in [-0.2, -0.15) is 14.6 Å². The molecule has 16 heavy (non-hydrogen) atoms. The van der Waals surface area contributed by atoms with E-state index in [9.17, 15) is 0 Å². The highest BCUT2D eigenvalue weighted by Gasteiger charge is 2.11. The summed E-state index contributed by atoms with van der Waals surface area (Å²) in [5, 5.41) is 7.52. The first-order valence-electron chi connectivity index (χ1n) is 5.37. The van der Waals surface area contributed by atoms with Gasteiger partial charge in [0.1, 0.15) is 12.1 Å². The first-order valence-corrected chi connectivity index (χ1v) is 5.37. The quantitative estimate of drug-likeness (QED) is 0.838. The van der Waals surface area contributed by atoms with Crippen LogP contribution in [0.4, 0.5) is 5.82 Å². The van der Waals surface area contributed by atoms with Crippen LogP contribution in [0.25, 0.3) is 5.78 Å². The summed E-state index contributed by atoms with van der Waals surface area (Å²) in [7, 11) is 0. The number of nitrogens with one attached hydrogen (secondary N) is 1. The van der Waals surface area contributed by atoms with E-state index >= 15 is 0 Å².